The highest BCUT2D eigenvalue weighted by molar-refractivity contribution is 6.05. The van der Waals surface area contributed by atoms with Crippen LogP contribution in [0.15, 0.2) is 42.5 Å². The number of nitrogens with zero attached hydrogens (tertiary/aromatic N) is 1. The van der Waals surface area contributed by atoms with E-state index in [2.05, 4.69) is 5.32 Å². The fourth-order valence-electron chi connectivity index (χ4n) is 2.49. The van der Waals surface area contributed by atoms with E-state index < -0.39 is 0 Å². The predicted octanol–water partition coefficient (Wildman–Crippen LogP) is 2.47. The zero-order valence-electron chi connectivity index (χ0n) is 12.4. The average molecular weight is 296 g/mol. The molecular formula is C17H16N2O3. The zero-order chi connectivity index (χ0) is 15.7. The number of nitrogens with one attached hydrogen (secondary N) is 1. The standard InChI is InChI=1S/C17H16N2O3/c1-19-15-8-5-13(9-12(15)10-16(19)20)18-17(21)11-3-6-14(22-2)7-4-11/h3-9H,10H2,1-2H3,(H,18,21). The van der Waals surface area contributed by atoms with Gasteiger partial charge in [-0.15, -0.1) is 0 Å². The molecule has 0 aliphatic carbocycles. The summed E-state index contributed by atoms with van der Waals surface area (Å²) in [6.45, 7) is 0. The first-order chi connectivity index (χ1) is 10.6. The summed E-state index contributed by atoms with van der Waals surface area (Å²) in [6, 6.07) is 12.4. The molecule has 0 radical (unpaired) electrons. The van der Waals surface area contributed by atoms with Gasteiger partial charge in [0.2, 0.25) is 5.91 Å². The first kappa shape index (κ1) is 14.1. The number of methoxy groups -OCH3 is 1. The summed E-state index contributed by atoms with van der Waals surface area (Å²) in [5, 5.41) is 2.85. The topological polar surface area (TPSA) is 58.6 Å². The highest BCUT2D eigenvalue weighted by Gasteiger charge is 2.24. The van der Waals surface area contributed by atoms with Crippen LogP contribution in [0.4, 0.5) is 11.4 Å². The van der Waals surface area contributed by atoms with Gasteiger partial charge in [-0.05, 0) is 48.0 Å². The third-order valence-corrected chi connectivity index (χ3v) is 3.77. The van der Waals surface area contributed by atoms with Crippen LogP contribution in [0.25, 0.3) is 0 Å². The fraction of sp³-hybridized carbons (Fsp3) is 0.176. The van der Waals surface area contributed by atoms with Crippen molar-refractivity contribution in [3.63, 3.8) is 0 Å². The number of anilines is 2. The van der Waals surface area contributed by atoms with Gasteiger partial charge in [0.25, 0.3) is 5.91 Å². The first-order valence-corrected chi connectivity index (χ1v) is 6.93. The monoisotopic (exact) mass is 296 g/mol. The third kappa shape index (κ3) is 2.53. The molecule has 1 aliphatic rings. The van der Waals surface area contributed by atoms with Gasteiger partial charge in [-0.1, -0.05) is 0 Å². The lowest BCUT2D eigenvalue weighted by atomic mass is 10.1. The molecule has 0 saturated heterocycles. The van der Waals surface area contributed by atoms with Crippen molar-refractivity contribution in [2.24, 2.45) is 0 Å². The minimum atomic E-state index is -0.194. The Balaban J connectivity index is 1.77. The summed E-state index contributed by atoms with van der Waals surface area (Å²) in [4.78, 5) is 25.5. The largest absolute Gasteiger partial charge is 0.497 e. The number of hydrogen-bond acceptors (Lipinski definition) is 3. The molecule has 0 atom stereocenters. The van der Waals surface area contributed by atoms with Crippen LogP contribution in [0, 0.1) is 0 Å². The average Bonchev–Trinajstić information content (AvgIpc) is 2.81. The molecule has 1 N–H and O–H groups in total. The third-order valence-electron chi connectivity index (χ3n) is 3.77. The number of rotatable bonds is 3. The van der Waals surface area contributed by atoms with Crippen molar-refractivity contribution in [3.8, 4) is 5.75 Å². The summed E-state index contributed by atoms with van der Waals surface area (Å²) in [5.41, 5.74) is 3.06. The quantitative estimate of drug-likeness (QED) is 0.946. The Morgan fingerprint density at radius 3 is 2.59 bits per heavy atom. The predicted molar refractivity (Wildman–Crippen MR) is 84.5 cm³/mol. The number of carbonyl (C=O) groups is 2. The number of benzene rings is 2. The lowest BCUT2D eigenvalue weighted by molar-refractivity contribution is -0.117. The van der Waals surface area contributed by atoms with Crippen molar-refractivity contribution < 1.29 is 14.3 Å². The van der Waals surface area contributed by atoms with Gasteiger partial charge >= 0.3 is 0 Å². The van der Waals surface area contributed by atoms with E-state index in [1.54, 1.807) is 49.4 Å². The van der Waals surface area contributed by atoms with Crippen LogP contribution in [0.3, 0.4) is 0 Å². The summed E-state index contributed by atoms with van der Waals surface area (Å²) in [5.74, 6) is 0.574. The fourth-order valence-corrected chi connectivity index (χ4v) is 2.49. The molecule has 5 heteroatoms. The van der Waals surface area contributed by atoms with Crippen molar-refractivity contribution >= 4 is 23.2 Å². The molecule has 1 aliphatic heterocycles. The molecule has 0 saturated carbocycles. The van der Waals surface area contributed by atoms with E-state index in [0.717, 1.165) is 11.3 Å². The van der Waals surface area contributed by atoms with Crippen molar-refractivity contribution in [2.75, 3.05) is 24.4 Å². The number of likely N-dealkylation sites (N-methyl/N-ethyl adjacent to an activating group) is 1. The van der Waals surface area contributed by atoms with Gasteiger partial charge in [-0.3, -0.25) is 9.59 Å². The molecule has 0 unspecified atom stereocenters. The number of fused-ring (bicyclic) bond motifs is 1. The maximum Gasteiger partial charge on any atom is 0.255 e. The van der Waals surface area contributed by atoms with E-state index in [1.165, 1.54) is 0 Å². The number of carbonyl (C=O) groups excluding carboxylic acids is 2. The first-order valence-electron chi connectivity index (χ1n) is 6.93. The van der Waals surface area contributed by atoms with Crippen molar-refractivity contribution in [1.29, 1.82) is 0 Å². The molecule has 0 aromatic heterocycles. The second kappa shape index (κ2) is 5.52. The van der Waals surface area contributed by atoms with E-state index >= 15 is 0 Å². The lowest BCUT2D eigenvalue weighted by Crippen LogP contribution is -2.20. The summed E-state index contributed by atoms with van der Waals surface area (Å²) in [6.07, 6.45) is 0.373. The molecule has 5 nitrogen and oxygen atoms in total. The Hall–Kier alpha value is -2.82. The van der Waals surface area contributed by atoms with E-state index in [9.17, 15) is 9.59 Å². The Bertz CT molecular complexity index is 738. The Kier molecular flexibility index (Phi) is 3.55. The molecule has 0 bridgehead atoms. The number of amides is 2. The van der Waals surface area contributed by atoms with Gasteiger partial charge in [0.05, 0.1) is 13.5 Å². The van der Waals surface area contributed by atoms with Crippen LogP contribution in [0.1, 0.15) is 15.9 Å². The summed E-state index contributed by atoms with van der Waals surface area (Å²) < 4.78 is 5.07. The van der Waals surface area contributed by atoms with Crippen molar-refractivity contribution in [2.45, 2.75) is 6.42 Å². The maximum atomic E-state index is 12.2. The highest BCUT2D eigenvalue weighted by atomic mass is 16.5. The zero-order valence-corrected chi connectivity index (χ0v) is 12.4. The molecule has 1 heterocycles. The minimum absolute atomic E-state index is 0.0635. The van der Waals surface area contributed by atoms with Crippen LogP contribution < -0.4 is 15.0 Å². The number of ether oxygens (including phenoxy) is 1. The van der Waals surface area contributed by atoms with Gasteiger partial charge in [0.15, 0.2) is 0 Å². The molecule has 2 aromatic rings. The maximum absolute atomic E-state index is 12.2. The van der Waals surface area contributed by atoms with Gasteiger partial charge in [-0.2, -0.15) is 0 Å². The van der Waals surface area contributed by atoms with Crippen LogP contribution in [0.2, 0.25) is 0 Å². The van der Waals surface area contributed by atoms with E-state index in [0.29, 0.717) is 23.4 Å². The lowest BCUT2D eigenvalue weighted by Gasteiger charge is -2.11. The molecule has 0 spiro atoms. The molecule has 22 heavy (non-hydrogen) atoms. The number of hydrogen-bond donors (Lipinski definition) is 1. The molecule has 112 valence electrons. The normalized spacial score (nSPS) is 13.0. The SMILES string of the molecule is COc1ccc(C(=O)Nc2ccc3c(c2)CC(=O)N3C)cc1. The molecular weight excluding hydrogens is 280 g/mol. The Morgan fingerprint density at radius 1 is 1.18 bits per heavy atom. The summed E-state index contributed by atoms with van der Waals surface area (Å²) in [7, 11) is 3.34. The van der Waals surface area contributed by atoms with Crippen molar-refractivity contribution in [1.82, 2.24) is 0 Å². The van der Waals surface area contributed by atoms with Gasteiger partial charge in [-0.25, -0.2) is 0 Å². The van der Waals surface area contributed by atoms with Gasteiger partial charge < -0.3 is 15.0 Å². The van der Waals surface area contributed by atoms with Crippen molar-refractivity contribution in [3.05, 3.63) is 53.6 Å². The highest BCUT2D eigenvalue weighted by Crippen LogP contribution is 2.30. The smallest absolute Gasteiger partial charge is 0.255 e. The Morgan fingerprint density at radius 2 is 1.91 bits per heavy atom. The van der Waals surface area contributed by atoms with Gasteiger partial charge in [0.1, 0.15) is 5.75 Å². The van der Waals surface area contributed by atoms with Gasteiger partial charge in [0, 0.05) is 24.0 Å². The van der Waals surface area contributed by atoms with E-state index in [-0.39, 0.29) is 11.8 Å². The van der Waals surface area contributed by atoms with E-state index in [1.807, 2.05) is 12.1 Å². The molecule has 3 rings (SSSR count). The second-order valence-electron chi connectivity index (χ2n) is 5.16. The van der Waals surface area contributed by atoms with Crippen LogP contribution in [0.5, 0.6) is 5.75 Å². The molecule has 2 amide bonds. The van der Waals surface area contributed by atoms with E-state index in [4.69, 9.17) is 4.74 Å². The minimum Gasteiger partial charge on any atom is -0.497 e. The molecule has 2 aromatic carbocycles. The van der Waals surface area contributed by atoms with Crippen LogP contribution in [-0.4, -0.2) is 26.0 Å². The second-order valence-corrected chi connectivity index (χ2v) is 5.16. The molecule has 0 fully saturated rings. The Labute approximate surface area is 128 Å². The summed E-state index contributed by atoms with van der Waals surface area (Å²) >= 11 is 0. The van der Waals surface area contributed by atoms with Crippen LogP contribution in [-0.2, 0) is 11.2 Å². The van der Waals surface area contributed by atoms with Crippen LogP contribution >= 0.6 is 0 Å².